The van der Waals surface area contributed by atoms with Gasteiger partial charge in [0.15, 0.2) is 5.13 Å². The standard InChI is InChI=1S/C23H22N4O6S2/c1-3-33-20(28)12-17-13-34-23(25-17)26-21(29)14(2)35-19-9-5-7-16(11-19)24-22(30)15-6-4-8-18(10-15)27(31)32/h4-11,13-14H,3,12H2,1-2H3,(H,24,30)(H,25,26,29). The summed E-state index contributed by atoms with van der Waals surface area (Å²) >= 11 is 2.51. The van der Waals surface area contributed by atoms with Crippen molar-refractivity contribution in [3.8, 4) is 0 Å². The maximum Gasteiger partial charge on any atom is 0.311 e. The van der Waals surface area contributed by atoms with E-state index in [2.05, 4.69) is 15.6 Å². The van der Waals surface area contributed by atoms with Crippen LogP contribution in [0.3, 0.4) is 0 Å². The number of aromatic nitrogens is 1. The highest BCUT2D eigenvalue weighted by atomic mass is 32.2. The Morgan fingerprint density at radius 3 is 2.69 bits per heavy atom. The molecule has 0 spiro atoms. The number of nitro groups is 1. The molecule has 0 saturated heterocycles. The van der Waals surface area contributed by atoms with Crippen LogP contribution in [0.1, 0.15) is 29.9 Å². The molecule has 0 saturated carbocycles. The number of hydrogen-bond donors (Lipinski definition) is 2. The van der Waals surface area contributed by atoms with Crippen molar-refractivity contribution in [1.82, 2.24) is 4.98 Å². The van der Waals surface area contributed by atoms with Gasteiger partial charge in [0.1, 0.15) is 0 Å². The predicted octanol–water partition coefficient (Wildman–Crippen LogP) is 4.53. The summed E-state index contributed by atoms with van der Waals surface area (Å²) in [6.45, 7) is 3.76. The summed E-state index contributed by atoms with van der Waals surface area (Å²) in [6.07, 6.45) is 0.0410. The minimum absolute atomic E-state index is 0.0410. The molecule has 3 aromatic rings. The average molecular weight is 515 g/mol. The number of benzene rings is 2. The second-order valence-electron chi connectivity index (χ2n) is 7.16. The number of thiazole rings is 1. The van der Waals surface area contributed by atoms with Crippen LogP contribution >= 0.6 is 23.1 Å². The normalized spacial score (nSPS) is 11.4. The molecule has 2 N–H and O–H groups in total. The van der Waals surface area contributed by atoms with Crippen molar-refractivity contribution < 1.29 is 24.0 Å². The quantitative estimate of drug-likeness (QED) is 0.174. The number of carbonyl (C=O) groups is 3. The molecule has 0 aliphatic rings. The summed E-state index contributed by atoms with van der Waals surface area (Å²) < 4.78 is 4.90. The molecule has 0 fully saturated rings. The van der Waals surface area contributed by atoms with Gasteiger partial charge in [0.05, 0.1) is 28.9 Å². The number of nitrogens with one attached hydrogen (secondary N) is 2. The summed E-state index contributed by atoms with van der Waals surface area (Å²) in [5.74, 6) is -1.13. The van der Waals surface area contributed by atoms with Crippen LogP contribution in [-0.4, -0.2) is 39.5 Å². The van der Waals surface area contributed by atoms with Crippen LogP contribution in [0.4, 0.5) is 16.5 Å². The number of esters is 1. The Balaban J connectivity index is 1.58. The molecule has 10 nitrogen and oxygen atoms in total. The van der Waals surface area contributed by atoms with Crippen molar-refractivity contribution in [2.75, 3.05) is 17.2 Å². The SMILES string of the molecule is CCOC(=O)Cc1csc(NC(=O)C(C)Sc2cccc(NC(=O)c3cccc([N+](=O)[O-])c3)c2)n1. The highest BCUT2D eigenvalue weighted by Gasteiger charge is 2.18. The van der Waals surface area contributed by atoms with Gasteiger partial charge in [-0.05, 0) is 38.1 Å². The summed E-state index contributed by atoms with van der Waals surface area (Å²) in [5.41, 5.74) is 1.00. The molecule has 1 atom stereocenters. The van der Waals surface area contributed by atoms with Crippen LogP contribution in [0, 0.1) is 10.1 Å². The van der Waals surface area contributed by atoms with Crippen LogP contribution in [0.2, 0.25) is 0 Å². The van der Waals surface area contributed by atoms with Crippen LogP contribution in [0.25, 0.3) is 0 Å². The van der Waals surface area contributed by atoms with Gasteiger partial charge in [0.25, 0.3) is 11.6 Å². The number of carbonyl (C=O) groups excluding carboxylic acids is 3. The van der Waals surface area contributed by atoms with Crippen molar-refractivity contribution in [3.63, 3.8) is 0 Å². The maximum absolute atomic E-state index is 12.6. The van der Waals surface area contributed by atoms with Crippen molar-refractivity contribution in [3.05, 3.63) is 75.3 Å². The van der Waals surface area contributed by atoms with Gasteiger partial charge in [-0.1, -0.05) is 12.1 Å². The van der Waals surface area contributed by atoms with Crippen molar-refractivity contribution in [2.24, 2.45) is 0 Å². The predicted molar refractivity (Wildman–Crippen MR) is 134 cm³/mol. The maximum atomic E-state index is 12.6. The molecule has 1 aromatic heterocycles. The van der Waals surface area contributed by atoms with E-state index < -0.39 is 16.1 Å². The van der Waals surface area contributed by atoms with Gasteiger partial charge in [0, 0.05) is 33.7 Å². The average Bonchev–Trinajstić information content (AvgIpc) is 3.25. The molecule has 1 unspecified atom stereocenters. The highest BCUT2D eigenvalue weighted by Crippen LogP contribution is 2.27. The van der Waals surface area contributed by atoms with Gasteiger partial charge in [-0.15, -0.1) is 23.1 Å². The first kappa shape index (κ1) is 25.8. The van der Waals surface area contributed by atoms with Gasteiger partial charge in [0.2, 0.25) is 5.91 Å². The molecule has 35 heavy (non-hydrogen) atoms. The Morgan fingerprint density at radius 1 is 1.17 bits per heavy atom. The molecule has 2 amide bonds. The molecule has 182 valence electrons. The van der Waals surface area contributed by atoms with E-state index in [0.29, 0.717) is 23.1 Å². The van der Waals surface area contributed by atoms with Crippen molar-refractivity contribution >= 4 is 57.4 Å². The number of hydrogen-bond acceptors (Lipinski definition) is 9. The monoisotopic (exact) mass is 514 g/mol. The minimum Gasteiger partial charge on any atom is -0.466 e. The lowest BCUT2D eigenvalue weighted by Gasteiger charge is -2.12. The summed E-state index contributed by atoms with van der Waals surface area (Å²) in [5, 5.41) is 18.0. The molecular formula is C23H22N4O6S2. The first-order chi connectivity index (χ1) is 16.7. The van der Waals surface area contributed by atoms with Gasteiger partial charge in [-0.2, -0.15) is 0 Å². The number of anilines is 2. The van der Waals surface area contributed by atoms with E-state index in [4.69, 9.17) is 4.74 Å². The first-order valence-electron chi connectivity index (χ1n) is 10.5. The largest absolute Gasteiger partial charge is 0.466 e. The summed E-state index contributed by atoms with van der Waals surface area (Å²) in [6, 6.07) is 12.4. The fraction of sp³-hybridized carbons (Fsp3) is 0.217. The second-order valence-corrected chi connectivity index (χ2v) is 9.44. The number of amides is 2. The molecule has 0 aliphatic heterocycles. The fourth-order valence-electron chi connectivity index (χ4n) is 2.88. The lowest BCUT2D eigenvalue weighted by Crippen LogP contribution is -2.22. The Hall–Kier alpha value is -3.77. The molecule has 0 radical (unpaired) electrons. The van der Waals surface area contributed by atoms with Crippen LogP contribution in [0.5, 0.6) is 0 Å². The van der Waals surface area contributed by atoms with Crippen LogP contribution < -0.4 is 10.6 Å². The van der Waals surface area contributed by atoms with E-state index in [0.717, 1.165) is 4.90 Å². The molecule has 0 aliphatic carbocycles. The smallest absolute Gasteiger partial charge is 0.311 e. The number of nitrogens with zero attached hydrogens (tertiary/aromatic N) is 2. The van der Waals surface area contributed by atoms with E-state index in [-0.39, 0.29) is 29.5 Å². The van der Waals surface area contributed by atoms with Crippen LogP contribution in [-0.2, 0) is 20.7 Å². The third kappa shape index (κ3) is 7.62. The second kappa shape index (κ2) is 12.1. The van der Waals surface area contributed by atoms with Gasteiger partial charge < -0.3 is 15.4 Å². The Bertz CT molecular complexity index is 1250. The van der Waals surface area contributed by atoms with E-state index in [1.54, 1.807) is 43.5 Å². The molecule has 0 bridgehead atoms. The first-order valence-corrected chi connectivity index (χ1v) is 12.2. The van der Waals surface area contributed by atoms with Crippen molar-refractivity contribution in [1.29, 1.82) is 0 Å². The zero-order valence-corrected chi connectivity index (χ0v) is 20.5. The van der Waals surface area contributed by atoms with Gasteiger partial charge in [-0.25, -0.2) is 4.98 Å². The zero-order chi connectivity index (χ0) is 25.4. The molecule has 3 rings (SSSR count). The minimum atomic E-state index is -0.562. The Labute approximate surface area is 209 Å². The van der Waals surface area contributed by atoms with Gasteiger partial charge in [-0.3, -0.25) is 24.5 Å². The number of nitro benzene ring substituents is 1. The lowest BCUT2D eigenvalue weighted by molar-refractivity contribution is -0.384. The summed E-state index contributed by atoms with van der Waals surface area (Å²) in [4.78, 5) is 52.0. The zero-order valence-electron chi connectivity index (χ0n) is 18.8. The number of non-ortho nitro benzene ring substituents is 1. The number of rotatable bonds is 10. The van der Waals surface area contributed by atoms with E-state index in [1.807, 2.05) is 0 Å². The van der Waals surface area contributed by atoms with E-state index in [1.165, 1.54) is 47.4 Å². The molecule has 1 heterocycles. The summed E-state index contributed by atoms with van der Waals surface area (Å²) in [7, 11) is 0. The van der Waals surface area contributed by atoms with E-state index >= 15 is 0 Å². The highest BCUT2D eigenvalue weighted by molar-refractivity contribution is 8.00. The third-order valence-electron chi connectivity index (χ3n) is 4.51. The molecule has 12 heteroatoms. The molecular weight excluding hydrogens is 492 g/mol. The number of ether oxygens (including phenoxy) is 1. The molecule has 2 aromatic carbocycles. The topological polar surface area (TPSA) is 141 Å². The van der Waals surface area contributed by atoms with Crippen LogP contribution in [0.15, 0.2) is 58.8 Å². The third-order valence-corrected chi connectivity index (χ3v) is 6.41. The number of thioether (sulfide) groups is 1. The Morgan fingerprint density at radius 2 is 1.94 bits per heavy atom. The lowest BCUT2D eigenvalue weighted by atomic mass is 10.2. The van der Waals surface area contributed by atoms with E-state index in [9.17, 15) is 24.5 Å². The Kier molecular flexibility index (Phi) is 8.92. The van der Waals surface area contributed by atoms with Crippen molar-refractivity contribution in [2.45, 2.75) is 30.4 Å². The fourth-order valence-corrected chi connectivity index (χ4v) is 4.52. The van der Waals surface area contributed by atoms with Gasteiger partial charge >= 0.3 is 5.97 Å².